The van der Waals surface area contributed by atoms with E-state index in [1.807, 2.05) is 6.92 Å². The van der Waals surface area contributed by atoms with Crippen LogP contribution in [-0.4, -0.2) is 66.5 Å². The number of hydrogen-bond donors (Lipinski definition) is 1. The van der Waals surface area contributed by atoms with Crippen LogP contribution in [0.4, 0.5) is 8.78 Å². The van der Waals surface area contributed by atoms with Crippen LogP contribution in [0.25, 0.3) is 0 Å². The van der Waals surface area contributed by atoms with Gasteiger partial charge in [-0.3, -0.25) is 23.7 Å². The van der Waals surface area contributed by atoms with Gasteiger partial charge in [0.25, 0.3) is 0 Å². The van der Waals surface area contributed by atoms with Gasteiger partial charge in [0.2, 0.25) is 0 Å². The fraction of sp³-hybridized carbons (Fsp3) is 0.875. The Bertz CT molecular complexity index is 1290. The molecule has 0 aliphatic heterocycles. The summed E-state index contributed by atoms with van der Waals surface area (Å²) in [4.78, 5) is 48.9. The summed E-state index contributed by atoms with van der Waals surface area (Å²) in [5, 5.41) is -4.64. The smallest absolute Gasteiger partial charge is 0.405 e. The number of fused-ring (bicyclic) bond motifs is 5. The first kappa shape index (κ1) is 36.5. The van der Waals surface area contributed by atoms with Crippen molar-refractivity contribution in [2.75, 3.05) is 0 Å². The summed E-state index contributed by atoms with van der Waals surface area (Å²) in [6, 6.07) is 0. The number of halogens is 2. The molecule has 262 valence electrons. The van der Waals surface area contributed by atoms with Gasteiger partial charge in [-0.1, -0.05) is 13.8 Å². The number of hydrogen-bond acceptors (Lipinski definition) is 10. The number of esters is 4. The zero-order valence-electron chi connectivity index (χ0n) is 27.4. The topological polar surface area (TPSA) is 160 Å². The fourth-order valence-electron chi connectivity index (χ4n) is 9.65. The Balaban J connectivity index is 1.54. The van der Waals surface area contributed by atoms with E-state index in [-0.39, 0.29) is 83.8 Å². The van der Waals surface area contributed by atoms with Crippen LogP contribution >= 0.6 is 0 Å². The van der Waals surface area contributed by atoms with Crippen molar-refractivity contribution in [2.45, 2.75) is 129 Å². The largest absolute Gasteiger partial charge is 0.463 e. The summed E-state index contributed by atoms with van der Waals surface area (Å²) in [6.07, 6.45) is 1.73. The molecule has 11 nitrogen and oxygen atoms in total. The van der Waals surface area contributed by atoms with Gasteiger partial charge in [-0.2, -0.15) is 17.2 Å². The molecule has 12 atom stereocenters. The average molecular weight is 679 g/mol. The van der Waals surface area contributed by atoms with Crippen molar-refractivity contribution < 1.29 is 59.9 Å². The second kappa shape index (κ2) is 13.6. The van der Waals surface area contributed by atoms with Gasteiger partial charge in [0, 0.05) is 39.0 Å². The lowest BCUT2D eigenvalue weighted by Gasteiger charge is -2.61. The van der Waals surface area contributed by atoms with Gasteiger partial charge < -0.3 is 18.9 Å². The fourth-order valence-corrected chi connectivity index (χ4v) is 10.1. The first-order valence-corrected chi connectivity index (χ1v) is 17.8. The van der Waals surface area contributed by atoms with Crippen LogP contribution in [0.1, 0.15) is 99.3 Å². The quantitative estimate of drug-likeness (QED) is 0.186. The van der Waals surface area contributed by atoms with E-state index in [0.29, 0.717) is 26.2 Å². The van der Waals surface area contributed by atoms with Crippen LogP contribution in [0.3, 0.4) is 0 Å². The second-order valence-electron chi connectivity index (χ2n) is 14.3. The van der Waals surface area contributed by atoms with Crippen molar-refractivity contribution in [3.05, 3.63) is 0 Å². The zero-order chi connectivity index (χ0) is 34.4. The molecule has 2 unspecified atom stereocenters. The van der Waals surface area contributed by atoms with Crippen molar-refractivity contribution in [2.24, 2.45) is 46.8 Å². The molecule has 0 spiro atoms. The van der Waals surface area contributed by atoms with Crippen molar-refractivity contribution in [1.29, 1.82) is 0 Å². The lowest BCUT2D eigenvalue weighted by atomic mass is 9.45. The first-order chi connectivity index (χ1) is 21.3. The van der Waals surface area contributed by atoms with Gasteiger partial charge >= 0.3 is 39.2 Å². The highest BCUT2D eigenvalue weighted by molar-refractivity contribution is 7.86. The minimum atomic E-state index is -5.77. The third kappa shape index (κ3) is 7.37. The van der Waals surface area contributed by atoms with Crippen LogP contribution in [-0.2, 0) is 48.2 Å². The van der Waals surface area contributed by atoms with Crippen LogP contribution in [0.5, 0.6) is 0 Å². The van der Waals surface area contributed by atoms with Gasteiger partial charge in [0.05, 0.1) is 0 Å². The average Bonchev–Trinajstić information content (AvgIpc) is 3.37. The minimum Gasteiger partial charge on any atom is -0.463 e. The summed E-state index contributed by atoms with van der Waals surface area (Å²) in [7, 11) is -5.77. The van der Waals surface area contributed by atoms with E-state index in [2.05, 4.69) is 11.7 Å². The molecule has 0 radical (unpaired) electrons. The van der Waals surface area contributed by atoms with Crippen molar-refractivity contribution in [3.63, 3.8) is 0 Å². The molecule has 0 heterocycles. The highest BCUT2D eigenvalue weighted by Crippen LogP contribution is 2.65. The Morgan fingerprint density at radius 3 is 2.04 bits per heavy atom. The monoisotopic (exact) mass is 678 g/mol. The third-order valence-electron chi connectivity index (χ3n) is 11.6. The predicted octanol–water partition coefficient (Wildman–Crippen LogP) is 5.10. The zero-order valence-corrected chi connectivity index (χ0v) is 28.2. The van der Waals surface area contributed by atoms with Crippen LogP contribution < -0.4 is 0 Å². The molecule has 4 saturated carbocycles. The predicted molar refractivity (Wildman–Crippen MR) is 158 cm³/mol. The van der Waals surface area contributed by atoms with Crippen molar-refractivity contribution in [3.8, 4) is 0 Å². The maximum absolute atomic E-state index is 13.9. The normalized spacial score (nSPS) is 37.0. The Labute approximate surface area is 269 Å². The number of alkyl halides is 2. The Kier molecular flexibility index (Phi) is 10.8. The summed E-state index contributed by atoms with van der Waals surface area (Å²) in [6.45, 7) is 9.11. The second-order valence-corrected chi connectivity index (χ2v) is 15.8. The lowest BCUT2D eigenvalue weighted by Crippen LogP contribution is -2.60. The molecule has 4 fully saturated rings. The molecule has 14 heteroatoms. The maximum Gasteiger partial charge on any atom is 0.405 e. The first-order valence-electron chi connectivity index (χ1n) is 16.3. The van der Waals surface area contributed by atoms with Crippen LogP contribution in [0.2, 0.25) is 0 Å². The maximum atomic E-state index is 13.9. The third-order valence-corrected chi connectivity index (χ3v) is 12.6. The molecule has 4 aliphatic rings. The van der Waals surface area contributed by atoms with Crippen LogP contribution in [0.15, 0.2) is 0 Å². The van der Waals surface area contributed by atoms with E-state index < -0.39 is 39.5 Å². The summed E-state index contributed by atoms with van der Waals surface area (Å²) in [5.41, 5.74) is -0.143. The highest BCUT2D eigenvalue weighted by Gasteiger charge is 2.63. The molecule has 0 saturated heterocycles. The molecule has 0 bridgehead atoms. The molecule has 0 aromatic rings. The highest BCUT2D eigenvalue weighted by atomic mass is 32.2. The molecule has 0 aromatic heterocycles. The SMILES string of the molecule is CC(=O)O[C@@H]1CC[C@@]2(C)[C@@H](C1)C[C@@H](OC(C)=O)[C@H]1[C@@H]3CC[C@H](C(C)CCC(=O)OC(C)C(F)(F)S(=O)(=O)O)[C@H]3[C@@H](OC(C)=O)C[C@@H]12. The molecular weight excluding hydrogens is 630 g/mol. The summed E-state index contributed by atoms with van der Waals surface area (Å²) >= 11 is 0. The summed E-state index contributed by atoms with van der Waals surface area (Å²) in [5.74, 6) is -1.92. The Hall–Kier alpha value is -2.35. The van der Waals surface area contributed by atoms with Crippen molar-refractivity contribution in [1.82, 2.24) is 0 Å². The van der Waals surface area contributed by atoms with Gasteiger partial charge in [-0.05, 0) is 93.3 Å². The number of carbonyl (C=O) groups is 4. The van der Waals surface area contributed by atoms with E-state index >= 15 is 0 Å². The molecule has 0 amide bonds. The van der Waals surface area contributed by atoms with Gasteiger partial charge in [0.1, 0.15) is 18.3 Å². The lowest BCUT2D eigenvalue weighted by molar-refractivity contribution is -0.206. The van der Waals surface area contributed by atoms with Crippen molar-refractivity contribution >= 4 is 34.0 Å². The summed E-state index contributed by atoms with van der Waals surface area (Å²) < 4.78 is 81.0. The van der Waals surface area contributed by atoms with E-state index in [4.69, 9.17) is 18.8 Å². The minimum absolute atomic E-state index is 0.0167. The van der Waals surface area contributed by atoms with E-state index in [0.717, 1.165) is 25.7 Å². The molecule has 46 heavy (non-hydrogen) atoms. The molecular formula is C32H48F2O11S. The van der Waals surface area contributed by atoms with Gasteiger partial charge in [-0.15, -0.1) is 0 Å². The van der Waals surface area contributed by atoms with Crippen LogP contribution in [0, 0.1) is 46.8 Å². The number of ether oxygens (including phenoxy) is 4. The van der Waals surface area contributed by atoms with E-state index in [9.17, 15) is 36.4 Å². The molecule has 1 N–H and O–H groups in total. The molecule has 4 aliphatic carbocycles. The Morgan fingerprint density at radius 2 is 1.48 bits per heavy atom. The van der Waals surface area contributed by atoms with Gasteiger partial charge in [0.15, 0.2) is 6.10 Å². The standard InChI is InChI=1S/C32H48F2O11S/c1-16(7-10-28(38)42-17(2)32(33,34)46(39,40)41)23-8-9-24-29(23)27(45-20(5)37)15-25-30(24)26(44-19(4)36)14-21-13-22(43-18(3)35)11-12-31(21,25)6/h16-17,21-27,29-30H,7-15H2,1-6H3,(H,39,40,41)/t16?,17?,21-,22+,23+,24+,25-,26+,27-,29+,30-,31-/m0/s1. The molecule has 0 aromatic carbocycles. The van der Waals surface area contributed by atoms with E-state index in [1.165, 1.54) is 20.8 Å². The Morgan fingerprint density at radius 1 is 0.891 bits per heavy atom. The number of carbonyl (C=O) groups excluding carboxylic acids is 4. The van der Waals surface area contributed by atoms with E-state index in [1.54, 1.807) is 0 Å². The molecule has 4 rings (SSSR count). The number of rotatable bonds is 10. The van der Waals surface area contributed by atoms with Gasteiger partial charge in [-0.25, -0.2) is 0 Å².